The maximum atomic E-state index is 13.2. The minimum Gasteiger partial charge on any atom is -0.468 e. The molecule has 1 unspecified atom stereocenters. The van der Waals surface area contributed by atoms with E-state index in [1.54, 1.807) is 54.7 Å². The molecule has 0 aliphatic heterocycles. The predicted molar refractivity (Wildman–Crippen MR) is 92.3 cm³/mol. The third kappa shape index (κ3) is 4.32. The van der Waals surface area contributed by atoms with Crippen LogP contribution in [0, 0.1) is 5.82 Å². The molecule has 0 radical (unpaired) electrons. The molecule has 3 aromatic rings. The molecule has 3 nitrogen and oxygen atoms in total. The van der Waals surface area contributed by atoms with Crippen molar-refractivity contribution in [3.63, 3.8) is 0 Å². The van der Waals surface area contributed by atoms with E-state index in [1.807, 2.05) is 12.1 Å². The third-order valence-corrected chi connectivity index (χ3v) is 4.91. The van der Waals surface area contributed by atoms with Gasteiger partial charge in [-0.3, -0.25) is 9.78 Å². The Balaban J connectivity index is 1.75. The minimum absolute atomic E-state index is 0.0404. The standard InChI is InChI=1S/C19H16FNO2S/c20-16-5-3-15(4-6-16)19(24-13-17-2-1-11-23-17)12-18(22)14-7-9-21-10-8-14/h1-11,19H,12-13H2. The van der Waals surface area contributed by atoms with Crippen LogP contribution in [0.1, 0.15) is 33.4 Å². The predicted octanol–water partition coefficient (Wildman–Crippen LogP) is 5.06. The summed E-state index contributed by atoms with van der Waals surface area (Å²) in [5.41, 5.74) is 1.56. The summed E-state index contributed by atoms with van der Waals surface area (Å²) >= 11 is 1.61. The van der Waals surface area contributed by atoms with Crippen LogP contribution in [0.4, 0.5) is 4.39 Å². The van der Waals surface area contributed by atoms with Crippen LogP contribution in [-0.2, 0) is 5.75 Å². The Morgan fingerprint density at radius 1 is 1.12 bits per heavy atom. The molecule has 0 bridgehead atoms. The molecule has 24 heavy (non-hydrogen) atoms. The summed E-state index contributed by atoms with van der Waals surface area (Å²) < 4.78 is 18.5. The molecule has 0 fully saturated rings. The van der Waals surface area contributed by atoms with Crippen molar-refractivity contribution < 1.29 is 13.6 Å². The first kappa shape index (κ1) is 16.5. The van der Waals surface area contributed by atoms with E-state index < -0.39 is 0 Å². The quantitative estimate of drug-likeness (QED) is 0.563. The SMILES string of the molecule is O=C(CC(SCc1ccco1)c1ccc(F)cc1)c1ccncc1. The van der Waals surface area contributed by atoms with Crippen molar-refractivity contribution in [1.29, 1.82) is 0 Å². The topological polar surface area (TPSA) is 43.1 Å². The molecular weight excluding hydrogens is 325 g/mol. The van der Waals surface area contributed by atoms with Crippen molar-refractivity contribution >= 4 is 17.5 Å². The number of ketones is 1. The van der Waals surface area contributed by atoms with Gasteiger partial charge in [-0.05, 0) is 42.0 Å². The number of furan rings is 1. The van der Waals surface area contributed by atoms with E-state index in [9.17, 15) is 9.18 Å². The Labute approximate surface area is 143 Å². The summed E-state index contributed by atoms with van der Waals surface area (Å²) in [6.45, 7) is 0. The van der Waals surface area contributed by atoms with E-state index in [1.165, 1.54) is 12.1 Å². The van der Waals surface area contributed by atoms with Crippen molar-refractivity contribution in [1.82, 2.24) is 4.98 Å². The van der Waals surface area contributed by atoms with Gasteiger partial charge >= 0.3 is 0 Å². The van der Waals surface area contributed by atoms with Crippen molar-refractivity contribution in [2.45, 2.75) is 17.4 Å². The van der Waals surface area contributed by atoms with E-state index in [0.717, 1.165) is 11.3 Å². The average Bonchev–Trinajstić information content (AvgIpc) is 3.13. The molecule has 2 aromatic heterocycles. The maximum Gasteiger partial charge on any atom is 0.164 e. The number of rotatable bonds is 7. The highest BCUT2D eigenvalue weighted by Crippen LogP contribution is 2.35. The van der Waals surface area contributed by atoms with Gasteiger partial charge in [0.1, 0.15) is 11.6 Å². The second-order valence-electron chi connectivity index (χ2n) is 5.29. The molecule has 5 heteroatoms. The molecule has 0 spiro atoms. The zero-order valence-electron chi connectivity index (χ0n) is 12.9. The number of hydrogen-bond donors (Lipinski definition) is 0. The first-order chi connectivity index (χ1) is 11.7. The van der Waals surface area contributed by atoms with Gasteiger partial charge in [-0.15, -0.1) is 11.8 Å². The molecule has 0 saturated heterocycles. The van der Waals surface area contributed by atoms with E-state index >= 15 is 0 Å². The second kappa shape index (κ2) is 7.93. The smallest absolute Gasteiger partial charge is 0.164 e. The number of carbonyl (C=O) groups excluding carboxylic acids is 1. The van der Waals surface area contributed by atoms with Crippen molar-refractivity contribution in [2.24, 2.45) is 0 Å². The van der Waals surface area contributed by atoms with Gasteiger partial charge in [0.15, 0.2) is 5.78 Å². The summed E-state index contributed by atoms with van der Waals surface area (Å²) in [5, 5.41) is -0.0728. The first-order valence-electron chi connectivity index (χ1n) is 7.55. The number of halogens is 1. The molecule has 0 aliphatic carbocycles. The largest absolute Gasteiger partial charge is 0.468 e. The lowest BCUT2D eigenvalue weighted by Crippen LogP contribution is -2.06. The van der Waals surface area contributed by atoms with Crippen LogP contribution in [-0.4, -0.2) is 10.8 Å². The van der Waals surface area contributed by atoms with Crippen LogP contribution < -0.4 is 0 Å². The van der Waals surface area contributed by atoms with Crippen LogP contribution in [0.25, 0.3) is 0 Å². The Bertz CT molecular complexity index is 773. The highest BCUT2D eigenvalue weighted by molar-refractivity contribution is 7.98. The van der Waals surface area contributed by atoms with Crippen molar-refractivity contribution in [3.8, 4) is 0 Å². The average molecular weight is 341 g/mol. The Morgan fingerprint density at radius 2 is 1.88 bits per heavy atom. The van der Waals surface area contributed by atoms with Crippen molar-refractivity contribution in [2.75, 3.05) is 0 Å². The normalized spacial score (nSPS) is 12.0. The molecule has 1 aromatic carbocycles. The van der Waals surface area contributed by atoms with Crippen LogP contribution >= 0.6 is 11.8 Å². The number of nitrogens with zero attached hydrogens (tertiary/aromatic N) is 1. The zero-order chi connectivity index (χ0) is 16.8. The fourth-order valence-electron chi connectivity index (χ4n) is 2.35. The first-order valence-corrected chi connectivity index (χ1v) is 8.60. The molecule has 122 valence electrons. The lowest BCUT2D eigenvalue weighted by Gasteiger charge is -2.16. The molecule has 0 N–H and O–H groups in total. The molecule has 0 aliphatic rings. The summed E-state index contributed by atoms with van der Waals surface area (Å²) in [4.78, 5) is 16.5. The van der Waals surface area contributed by atoms with Gasteiger partial charge in [-0.25, -0.2) is 4.39 Å². The summed E-state index contributed by atoms with van der Waals surface area (Å²) in [6.07, 6.45) is 5.18. The lowest BCUT2D eigenvalue weighted by atomic mass is 10.0. The molecular formula is C19H16FNO2S. The van der Waals surface area contributed by atoms with Gasteiger partial charge in [0.2, 0.25) is 0 Å². The lowest BCUT2D eigenvalue weighted by molar-refractivity contribution is 0.0982. The highest BCUT2D eigenvalue weighted by atomic mass is 32.2. The van der Waals surface area contributed by atoms with Gasteiger partial charge in [-0.2, -0.15) is 0 Å². The summed E-state index contributed by atoms with van der Waals surface area (Å²) in [7, 11) is 0. The maximum absolute atomic E-state index is 13.2. The second-order valence-corrected chi connectivity index (χ2v) is 6.48. The van der Waals surface area contributed by atoms with E-state index in [0.29, 0.717) is 17.7 Å². The highest BCUT2D eigenvalue weighted by Gasteiger charge is 2.18. The number of pyridine rings is 1. The number of hydrogen-bond acceptors (Lipinski definition) is 4. The monoisotopic (exact) mass is 341 g/mol. The Hall–Kier alpha value is -2.40. The van der Waals surface area contributed by atoms with Crippen LogP contribution in [0.5, 0.6) is 0 Å². The van der Waals surface area contributed by atoms with Gasteiger partial charge in [-0.1, -0.05) is 12.1 Å². The van der Waals surface area contributed by atoms with Gasteiger partial charge in [0, 0.05) is 29.6 Å². The van der Waals surface area contributed by atoms with Crippen LogP contribution in [0.15, 0.2) is 71.6 Å². The van der Waals surface area contributed by atoms with Gasteiger partial charge in [0.25, 0.3) is 0 Å². The number of benzene rings is 1. The Kier molecular flexibility index (Phi) is 5.43. The van der Waals surface area contributed by atoms with Crippen molar-refractivity contribution in [3.05, 3.63) is 89.9 Å². The molecule has 1 atom stereocenters. The number of aromatic nitrogens is 1. The molecule has 0 amide bonds. The number of Topliss-reactive ketones (excluding diaryl/α,β-unsaturated/α-hetero) is 1. The number of carbonyl (C=O) groups is 1. The molecule has 3 rings (SSSR count). The fraction of sp³-hybridized carbons (Fsp3) is 0.158. The van der Waals surface area contributed by atoms with Gasteiger partial charge < -0.3 is 4.42 Å². The van der Waals surface area contributed by atoms with Crippen LogP contribution in [0.3, 0.4) is 0 Å². The summed E-state index contributed by atoms with van der Waals surface area (Å²) in [6, 6.07) is 13.5. The Morgan fingerprint density at radius 3 is 2.54 bits per heavy atom. The third-order valence-electron chi connectivity index (χ3n) is 3.62. The van der Waals surface area contributed by atoms with E-state index in [4.69, 9.17) is 4.42 Å². The van der Waals surface area contributed by atoms with Gasteiger partial charge in [0.05, 0.1) is 12.0 Å². The summed E-state index contributed by atoms with van der Waals surface area (Å²) in [5.74, 6) is 1.26. The van der Waals surface area contributed by atoms with E-state index in [-0.39, 0.29) is 16.9 Å². The fourth-order valence-corrected chi connectivity index (χ4v) is 3.50. The van der Waals surface area contributed by atoms with Crippen LogP contribution in [0.2, 0.25) is 0 Å². The minimum atomic E-state index is -0.283. The zero-order valence-corrected chi connectivity index (χ0v) is 13.7. The molecule has 0 saturated carbocycles. The number of thioether (sulfide) groups is 1. The van der Waals surface area contributed by atoms with E-state index in [2.05, 4.69) is 4.98 Å². The molecule has 2 heterocycles.